The summed E-state index contributed by atoms with van der Waals surface area (Å²) in [6.07, 6.45) is 5.46. The summed E-state index contributed by atoms with van der Waals surface area (Å²) in [4.78, 5) is 84.4. The Kier molecular flexibility index (Phi) is 25.5. The smallest absolute Gasteiger partial charge is 0.326 e. The van der Waals surface area contributed by atoms with Crippen molar-refractivity contribution in [2.45, 2.75) is 122 Å². The number of nitrogens with one attached hydrogen (secondary N) is 8. The number of hydrogen-bond donors (Lipinski definition) is 10. The molecule has 70 heavy (non-hydrogen) atoms. The molecule has 1 saturated heterocycles. The number of carbonyl (C=O) groups excluding carboxylic acids is 5. The van der Waals surface area contributed by atoms with Crippen molar-refractivity contribution >= 4 is 35.5 Å². The fourth-order valence-corrected chi connectivity index (χ4v) is 8.10. The average Bonchev–Trinajstić information content (AvgIpc) is 3.77. The summed E-state index contributed by atoms with van der Waals surface area (Å²) in [6.45, 7) is 15.3. The van der Waals surface area contributed by atoms with Gasteiger partial charge >= 0.3 is 5.97 Å². The van der Waals surface area contributed by atoms with E-state index in [2.05, 4.69) is 57.7 Å². The fraction of sp³-hybridized carbons (Fsp3) is 0.600. The monoisotopic (exact) mass is 974 g/mol. The van der Waals surface area contributed by atoms with Crippen molar-refractivity contribution < 1.29 is 33.9 Å². The maximum absolute atomic E-state index is 14.2. The van der Waals surface area contributed by atoms with Crippen LogP contribution in [0.4, 0.5) is 0 Å². The molecule has 1 fully saturated rings. The van der Waals surface area contributed by atoms with Crippen molar-refractivity contribution in [2.24, 2.45) is 17.6 Å². The van der Waals surface area contributed by atoms with E-state index in [1.165, 1.54) is 4.68 Å². The SMILES string of the molecule is CC(C)C[C@H](NC(=O)[C@H](CCCCN)NC(=O)Cn1cc(CN2CCCNCCNCCCNCC2)nn1)C(=O)N[C@H](C(=O)N[C@@H](Cc1ccccc1)C(=O)N[C@@H](Cc1ccccc1)C(=O)O)C(C)C. The van der Waals surface area contributed by atoms with Crippen molar-refractivity contribution in [1.29, 1.82) is 0 Å². The number of hydrogen-bond acceptors (Lipinski definition) is 13. The number of carboxylic acid groups (broad SMARTS) is 1. The largest absolute Gasteiger partial charge is 0.480 e. The first-order valence-corrected chi connectivity index (χ1v) is 25.0. The van der Waals surface area contributed by atoms with Crippen LogP contribution in [0, 0.1) is 11.8 Å². The van der Waals surface area contributed by atoms with Gasteiger partial charge in [-0.15, -0.1) is 5.10 Å². The Hall–Kier alpha value is -5.80. The van der Waals surface area contributed by atoms with Crippen molar-refractivity contribution in [3.05, 3.63) is 83.7 Å². The summed E-state index contributed by atoms with van der Waals surface area (Å²) in [5, 5.41) is 42.9. The first kappa shape index (κ1) is 56.8. The van der Waals surface area contributed by atoms with E-state index in [9.17, 15) is 33.9 Å². The topological polar surface area (TPSA) is 279 Å². The molecule has 11 N–H and O–H groups in total. The lowest BCUT2D eigenvalue weighted by Crippen LogP contribution is -2.60. The molecule has 0 bridgehead atoms. The van der Waals surface area contributed by atoms with Crippen LogP contribution >= 0.6 is 0 Å². The number of unbranched alkanes of at least 4 members (excludes halogenated alkanes) is 1. The van der Waals surface area contributed by atoms with Crippen LogP contribution in [0.1, 0.15) is 83.0 Å². The third kappa shape index (κ3) is 21.5. The Morgan fingerprint density at radius 1 is 0.657 bits per heavy atom. The minimum absolute atomic E-state index is 0.0242. The van der Waals surface area contributed by atoms with Gasteiger partial charge in [0.15, 0.2) is 0 Å². The highest BCUT2D eigenvalue weighted by molar-refractivity contribution is 5.96. The molecule has 0 unspecified atom stereocenters. The van der Waals surface area contributed by atoms with Gasteiger partial charge in [-0.25, -0.2) is 9.48 Å². The van der Waals surface area contributed by atoms with Crippen molar-refractivity contribution in [1.82, 2.24) is 62.4 Å². The first-order chi connectivity index (χ1) is 33.7. The molecule has 2 aromatic carbocycles. The molecule has 1 aliphatic heterocycles. The molecule has 4 rings (SSSR count). The molecule has 0 radical (unpaired) electrons. The highest BCUT2D eigenvalue weighted by Gasteiger charge is 2.34. The minimum atomic E-state index is -1.28. The lowest BCUT2D eigenvalue weighted by molar-refractivity contribution is -0.142. The minimum Gasteiger partial charge on any atom is -0.480 e. The first-order valence-electron chi connectivity index (χ1n) is 25.0. The van der Waals surface area contributed by atoms with Gasteiger partial charge in [-0.2, -0.15) is 0 Å². The fourth-order valence-electron chi connectivity index (χ4n) is 8.10. The Morgan fingerprint density at radius 3 is 1.84 bits per heavy atom. The molecule has 2 heterocycles. The molecule has 3 aromatic rings. The zero-order chi connectivity index (χ0) is 50.7. The average molecular weight is 974 g/mol. The molecular formula is C50H79N13O7. The van der Waals surface area contributed by atoms with Gasteiger partial charge in [0.05, 0.1) is 11.9 Å². The normalized spacial score (nSPS) is 16.4. The van der Waals surface area contributed by atoms with Gasteiger partial charge in [-0.3, -0.25) is 28.9 Å². The highest BCUT2D eigenvalue weighted by atomic mass is 16.4. The predicted molar refractivity (Wildman–Crippen MR) is 268 cm³/mol. The van der Waals surface area contributed by atoms with Crippen LogP contribution in [0.3, 0.4) is 0 Å². The molecule has 5 atom stereocenters. The maximum Gasteiger partial charge on any atom is 0.326 e. The van der Waals surface area contributed by atoms with Crippen molar-refractivity contribution in [3.63, 3.8) is 0 Å². The van der Waals surface area contributed by atoms with Crippen molar-refractivity contribution in [2.75, 3.05) is 58.9 Å². The van der Waals surface area contributed by atoms with Crippen LogP contribution in [-0.4, -0.2) is 150 Å². The van der Waals surface area contributed by atoms with Crippen LogP contribution in [0.2, 0.25) is 0 Å². The van der Waals surface area contributed by atoms with Gasteiger partial charge in [0.25, 0.3) is 0 Å². The zero-order valence-corrected chi connectivity index (χ0v) is 41.6. The predicted octanol–water partition coefficient (Wildman–Crippen LogP) is 0.468. The van der Waals surface area contributed by atoms with E-state index < -0.39 is 71.6 Å². The second kappa shape index (κ2) is 31.4. The number of carbonyl (C=O) groups is 6. The van der Waals surface area contributed by atoms with Crippen LogP contribution in [-0.2, 0) is 54.7 Å². The van der Waals surface area contributed by atoms with E-state index in [0.717, 1.165) is 76.5 Å². The summed E-state index contributed by atoms with van der Waals surface area (Å²) in [7, 11) is 0. The van der Waals surface area contributed by atoms with Gasteiger partial charge in [0, 0.05) is 45.6 Å². The number of rotatable bonds is 25. The number of amides is 5. The third-order valence-electron chi connectivity index (χ3n) is 11.9. The molecule has 20 nitrogen and oxygen atoms in total. The van der Waals surface area contributed by atoms with E-state index in [1.54, 1.807) is 68.6 Å². The van der Waals surface area contributed by atoms with E-state index in [4.69, 9.17) is 5.73 Å². The Balaban J connectivity index is 1.42. The number of nitrogens with zero attached hydrogens (tertiary/aromatic N) is 4. The van der Waals surface area contributed by atoms with Gasteiger partial charge < -0.3 is 53.4 Å². The number of nitrogens with two attached hydrogens (primary N) is 1. The molecule has 0 saturated carbocycles. The Morgan fingerprint density at radius 2 is 1.23 bits per heavy atom. The van der Waals surface area contributed by atoms with Gasteiger partial charge in [0.1, 0.15) is 36.8 Å². The Labute approximate surface area is 413 Å². The quantitative estimate of drug-likeness (QED) is 0.0518. The van der Waals surface area contributed by atoms with Gasteiger partial charge in [-0.1, -0.05) is 93.6 Å². The molecule has 0 spiro atoms. The number of aromatic nitrogens is 3. The summed E-state index contributed by atoms with van der Waals surface area (Å²) < 4.78 is 1.45. The number of aliphatic carboxylic acids is 1. The summed E-state index contributed by atoms with van der Waals surface area (Å²) in [5.74, 6) is -4.78. The molecule has 1 aromatic heterocycles. The summed E-state index contributed by atoms with van der Waals surface area (Å²) in [6, 6.07) is 12.2. The lowest BCUT2D eigenvalue weighted by atomic mass is 9.98. The van der Waals surface area contributed by atoms with Gasteiger partial charge in [-0.05, 0) is 94.2 Å². The summed E-state index contributed by atoms with van der Waals surface area (Å²) >= 11 is 0. The van der Waals surface area contributed by atoms with E-state index in [0.29, 0.717) is 31.5 Å². The van der Waals surface area contributed by atoms with Crippen LogP contribution < -0.4 is 48.3 Å². The Bertz CT molecular complexity index is 2020. The maximum atomic E-state index is 14.2. The van der Waals surface area contributed by atoms with Crippen molar-refractivity contribution in [3.8, 4) is 0 Å². The van der Waals surface area contributed by atoms with Gasteiger partial charge in [0.2, 0.25) is 29.5 Å². The number of carboxylic acids is 1. The molecule has 0 aliphatic carbocycles. The summed E-state index contributed by atoms with van der Waals surface area (Å²) in [5.41, 5.74) is 7.94. The third-order valence-corrected chi connectivity index (χ3v) is 11.9. The standard InChI is InChI=1S/C50H79N13O7/c1-35(2)29-41(48(67)59-45(36(3)4)49(68)57-42(30-37-15-7-5-8-16-37)47(66)58-43(50(69)70)31-38-17-9-6-10-18-38)56-46(65)40(19-11-12-20-51)55-44(64)34-63-33-39(60-61-63)32-62-27-14-23-53-25-24-52-21-13-22-54-26-28-62/h5-10,15-18,33,35-36,40-43,45,52-54H,11-14,19-32,34,51H2,1-4H3,(H,55,64)(H,56,65)(H,57,68)(H,58,66)(H,59,67)(H,69,70)/t40-,41-,42-,43-,45-/m0/s1. The van der Waals surface area contributed by atoms with Crippen LogP contribution in [0.25, 0.3) is 0 Å². The molecule has 20 heteroatoms. The molecule has 5 amide bonds. The second-order valence-electron chi connectivity index (χ2n) is 18.8. The van der Waals surface area contributed by atoms with E-state index >= 15 is 0 Å². The van der Waals surface area contributed by atoms with Crippen LogP contribution in [0.15, 0.2) is 66.9 Å². The van der Waals surface area contributed by atoms with E-state index in [1.807, 2.05) is 26.0 Å². The molecular weight excluding hydrogens is 895 g/mol. The highest BCUT2D eigenvalue weighted by Crippen LogP contribution is 2.13. The van der Waals surface area contributed by atoms with Crippen LogP contribution in [0.5, 0.6) is 0 Å². The van der Waals surface area contributed by atoms with E-state index in [-0.39, 0.29) is 38.1 Å². The molecule has 1 aliphatic rings. The number of benzene rings is 2. The zero-order valence-electron chi connectivity index (χ0n) is 41.6. The molecule has 386 valence electrons. The second-order valence-corrected chi connectivity index (χ2v) is 18.8. The lowest BCUT2D eigenvalue weighted by Gasteiger charge is -2.29.